The van der Waals surface area contributed by atoms with Crippen LogP contribution in [0.3, 0.4) is 0 Å². The number of hydrogen-bond acceptors (Lipinski definition) is 2. The predicted octanol–water partition coefficient (Wildman–Crippen LogP) is 1.47. The SMILES string of the molecule is CC(C1CC1)C(N)c1cnn(C)c1. The minimum absolute atomic E-state index is 0.168. The fraction of sp³-hybridized carbons (Fsp3) is 0.700. The topological polar surface area (TPSA) is 43.8 Å². The molecule has 0 saturated heterocycles. The van der Waals surface area contributed by atoms with E-state index in [1.807, 2.05) is 24.1 Å². The lowest BCUT2D eigenvalue weighted by Crippen LogP contribution is -2.20. The smallest absolute Gasteiger partial charge is 0.0537 e. The molecule has 1 fully saturated rings. The van der Waals surface area contributed by atoms with Crippen molar-refractivity contribution in [3.8, 4) is 0 Å². The fourth-order valence-corrected chi connectivity index (χ4v) is 1.83. The van der Waals surface area contributed by atoms with Gasteiger partial charge in [0.05, 0.1) is 6.20 Å². The van der Waals surface area contributed by atoms with Crippen LogP contribution in [0.4, 0.5) is 0 Å². The van der Waals surface area contributed by atoms with Crippen LogP contribution in [0.25, 0.3) is 0 Å². The van der Waals surface area contributed by atoms with Gasteiger partial charge in [0.15, 0.2) is 0 Å². The van der Waals surface area contributed by atoms with Crippen LogP contribution in [0.2, 0.25) is 0 Å². The van der Waals surface area contributed by atoms with Crippen molar-refractivity contribution in [3.05, 3.63) is 18.0 Å². The van der Waals surface area contributed by atoms with Gasteiger partial charge in [0.25, 0.3) is 0 Å². The summed E-state index contributed by atoms with van der Waals surface area (Å²) < 4.78 is 1.81. The predicted molar refractivity (Wildman–Crippen MR) is 52.0 cm³/mol. The molecule has 2 atom stereocenters. The number of aromatic nitrogens is 2. The molecular formula is C10H17N3. The normalized spacial score (nSPS) is 21.5. The highest BCUT2D eigenvalue weighted by Gasteiger charge is 2.32. The van der Waals surface area contributed by atoms with Crippen LogP contribution in [-0.4, -0.2) is 9.78 Å². The van der Waals surface area contributed by atoms with Crippen LogP contribution in [-0.2, 0) is 7.05 Å². The molecular weight excluding hydrogens is 162 g/mol. The van der Waals surface area contributed by atoms with Crippen LogP contribution < -0.4 is 5.73 Å². The second-order valence-electron chi connectivity index (χ2n) is 4.17. The summed E-state index contributed by atoms with van der Waals surface area (Å²) in [4.78, 5) is 0. The zero-order valence-electron chi connectivity index (χ0n) is 8.27. The molecule has 72 valence electrons. The van der Waals surface area contributed by atoms with Crippen molar-refractivity contribution < 1.29 is 0 Å². The molecule has 1 aromatic rings. The van der Waals surface area contributed by atoms with Crippen molar-refractivity contribution in [2.24, 2.45) is 24.6 Å². The van der Waals surface area contributed by atoms with Crippen LogP contribution >= 0.6 is 0 Å². The fourth-order valence-electron chi connectivity index (χ4n) is 1.83. The first-order valence-corrected chi connectivity index (χ1v) is 4.92. The zero-order chi connectivity index (χ0) is 9.42. The van der Waals surface area contributed by atoms with E-state index in [4.69, 9.17) is 5.73 Å². The van der Waals surface area contributed by atoms with E-state index in [2.05, 4.69) is 12.0 Å². The molecule has 2 N–H and O–H groups in total. The van der Waals surface area contributed by atoms with E-state index in [0.29, 0.717) is 5.92 Å². The Morgan fingerprint density at radius 3 is 2.77 bits per heavy atom. The Balaban J connectivity index is 2.06. The second-order valence-corrected chi connectivity index (χ2v) is 4.17. The van der Waals surface area contributed by atoms with Crippen LogP contribution in [0, 0.1) is 11.8 Å². The largest absolute Gasteiger partial charge is 0.324 e. The van der Waals surface area contributed by atoms with Crippen LogP contribution in [0.1, 0.15) is 31.4 Å². The Hall–Kier alpha value is -0.830. The number of aryl methyl sites for hydroxylation is 1. The van der Waals surface area contributed by atoms with Crippen molar-refractivity contribution in [1.82, 2.24) is 9.78 Å². The van der Waals surface area contributed by atoms with Gasteiger partial charge >= 0.3 is 0 Å². The van der Waals surface area contributed by atoms with E-state index in [9.17, 15) is 0 Å². The maximum atomic E-state index is 6.14. The average Bonchev–Trinajstić information content (AvgIpc) is 2.87. The molecule has 1 saturated carbocycles. The number of hydrogen-bond donors (Lipinski definition) is 1. The third-order valence-corrected chi connectivity index (χ3v) is 3.04. The Labute approximate surface area is 78.9 Å². The van der Waals surface area contributed by atoms with Crippen LogP contribution in [0.5, 0.6) is 0 Å². The lowest BCUT2D eigenvalue weighted by Gasteiger charge is -2.17. The molecule has 0 aliphatic heterocycles. The van der Waals surface area contributed by atoms with Crippen molar-refractivity contribution in [2.75, 3.05) is 0 Å². The van der Waals surface area contributed by atoms with E-state index >= 15 is 0 Å². The molecule has 0 spiro atoms. The average molecular weight is 179 g/mol. The van der Waals surface area contributed by atoms with Gasteiger partial charge in [-0.25, -0.2) is 0 Å². The summed E-state index contributed by atoms with van der Waals surface area (Å²) >= 11 is 0. The molecule has 2 unspecified atom stereocenters. The molecule has 0 aromatic carbocycles. The summed E-state index contributed by atoms with van der Waals surface area (Å²) in [5.41, 5.74) is 7.31. The highest BCUT2D eigenvalue weighted by molar-refractivity contribution is 5.11. The zero-order valence-corrected chi connectivity index (χ0v) is 8.27. The molecule has 0 amide bonds. The quantitative estimate of drug-likeness (QED) is 0.763. The maximum Gasteiger partial charge on any atom is 0.0537 e. The molecule has 2 rings (SSSR count). The summed E-state index contributed by atoms with van der Waals surface area (Å²) in [5.74, 6) is 1.46. The van der Waals surface area contributed by atoms with Gasteiger partial charge in [0.1, 0.15) is 0 Å². The Kier molecular flexibility index (Phi) is 2.12. The number of nitrogens with zero attached hydrogens (tertiary/aromatic N) is 2. The van der Waals surface area contributed by atoms with E-state index < -0.39 is 0 Å². The molecule has 0 bridgehead atoms. The van der Waals surface area contributed by atoms with E-state index in [0.717, 1.165) is 5.92 Å². The van der Waals surface area contributed by atoms with Crippen LogP contribution in [0.15, 0.2) is 12.4 Å². The number of rotatable bonds is 3. The molecule has 0 radical (unpaired) electrons. The third-order valence-electron chi connectivity index (χ3n) is 3.04. The molecule has 3 nitrogen and oxygen atoms in total. The molecule has 1 aliphatic rings. The van der Waals surface area contributed by atoms with Gasteiger partial charge in [-0.05, 0) is 24.7 Å². The molecule has 1 aromatic heterocycles. The van der Waals surface area contributed by atoms with Gasteiger partial charge < -0.3 is 5.73 Å². The third kappa shape index (κ3) is 1.75. The first-order chi connectivity index (χ1) is 6.18. The summed E-state index contributed by atoms with van der Waals surface area (Å²) in [5, 5.41) is 4.14. The monoisotopic (exact) mass is 179 g/mol. The Morgan fingerprint density at radius 1 is 1.62 bits per heavy atom. The molecule has 13 heavy (non-hydrogen) atoms. The number of nitrogens with two attached hydrogens (primary N) is 1. The van der Waals surface area contributed by atoms with Crippen molar-refractivity contribution in [3.63, 3.8) is 0 Å². The highest BCUT2D eigenvalue weighted by Crippen LogP contribution is 2.41. The molecule has 1 heterocycles. The lowest BCUT2D eigenvalue weighted by molar-refractivity contribution is 0.417. The first kappa shape index (κ1) is 8.75. The minimum atomic E-state index is 0.168. The minimum Gasteiger partial charge on any atom is -0.324 e. The summed E-state index contributed by atoms with van der Waals surface area (Å²) in [6.07, 6.45) is 6.61. The Morgan fingerprint density at radius 2 is 2.31 bits per heavy atom. The first-order valence-electron chi connectivity index (χ1n) is 4.92. The maximum absolute atomic E-state index is 6.14. The van der Waals surface area contributed by atoms with Gasteiger partial charge in [-0.15, -0.1) is 0 Å². The lowest BCUT2D eigenvalue weighted by atomic mass is 9.93. The second kappa shape index (κ2) is 3.14. The van der Waals surface area contributed by atoms with Crippen molar-refractivity contribution >= 4 is 0 Å². The standard InChI is InChI=1S/C10H17N3/c1-7(8-3-4-8)10(11)9-5-12-13(2)6-9/h5-8,10H,3-4,11H2,1-2H3. The summed E-state index contributed by atoms with van der Waals surface area (Å²) in [6, 6.07) is 0.168. The van der Waals surface area contributed by atoms with Gasteiger partial charge in [-0.1, -0.05) is 6.92 Å². The van der Waals surface area contributed by atoms with E-state index in [1.165, 1.54) is 18.4 Å². The molecule has 3 heteroatoms. The van der Waals surface area contributed by atoms with Gasteiger partial charge in [0.2, 0.25) is 0 Å². The molecule has 1 aliphatic carbocycles. The Bertz CT molecular complexity index is 288. The highest BCUT2D eigenvalue weighted by atomic mass is 15.2. The van der Waals surface area contributed by atoms with Gasteiger partial charge in [-0.2, -0.15) is 5.10 Å². The van der Waals surface area contributed by atoms with Gasteiger partial charge in [0, 0.05) is 24.8 Å². The van der Waals surface area contributed by atoms with E-state index in [1.54, 1.807) is 0 Å². The van der Waals surface area contributed by atoms with E-state index in [-0.39, 0.29) is 6.04 Å². The summed E-state index contributed by atoms with van der Waals surface area (Å²) in [7, 11) is 1.93. The van der Waals surface area contributed by atoms with Crippen molar-refractivity contribution in [2.45, 2.75) is 25.8 Å². The van der Waals surface area contributed by atoms with Crippen molar-refractivity contribution in [1.29, 1.82) is 0 Å². The summed E-state index contributed by atoms with van der Waals surface area (Å²) in [6.45, 7) is 2.25. The van der Waals surface area contributed by atoms with Gasteiger partial charge in [-0.3, -0.25) is 4.68 Å².